The molecule has 1 aliphatic heterocycles. The second kappa shape index (κ2) is 9.66. The monoisotopic (exact) mass is 446 g/mol. The van der Waals surface area contributed by atoms with Crippen LogP contribution in [0.25, 0.3) is 0 Å². The molecular formula is C21H20F2N4O3S. The molecule has 0 aliphatic carbocycles. The number of unbranched alkanes of at least 4 members (excludes halogenated alkanes) is 2. The van der Waals surface area contributed by atoms with Crippen molar-refractivity contribution in [1.82, 2.24) is 10.0 Å². The number of aliphatic imine (C=N–C) groups is 1. The number of carbonyl (C=O) groups excluding carboxylic acids is 1. The van der Waals surface area contributed by atoms with Gasteiger partial charge in [0.15, 0.2) is 0 Å². The van der Waals surface area contributed by atoms with Crippen LogP contribution in [0.3, 0.4) is 0 Å². The van der Waals surface area contributed by atoms with Gasteiger partial charge in [0.05, 0.1) is 11.0 Å². The SMILES string of the molecule is N#CC(NC(=O)CCCCCN=C1NS(=O)(=O)c2ccccc21)c1ccc(F)cc1F. The number of amides is 1. The molecule has 0 bridgehead atoms. The van der Waals surface area contributed by atoms with Crippen molar-refractivity contribution in [2.24, 2.45) is 4.99 Å². The summed E-state index contributed by atoms with van der Waals surface area (Å²) in [6.45, 7) is 0.384. The number of halogens is 2. The number of hydrogen-bond acceptors (Lipinski definition) is 5. The summed E-state index contributed by atoms with van der Waals surface area (Å²) < 4.78 is 53.3. The van der Waals surface area contributed by atoms with Gasteiger partial charge >= 0.3 is 0 Å². The summed E-state index contributed by atoms with van der Waals surface area (Å²) in [5.41, 5.74) is 0.449. The number of nitrogens with zero attached hydrogens (tertiary/aromatic N) is 2. The summed E-state index contributed by atoms with van der Waals surface area (Å²) in [6.07, 6.45) is 1.94. The smallest absolute Gasteiger partial charge is 0.263 e. The number of sulfonamides is 1. The molecule has 0 saturated heterocycles. The van der Waals surface area contributed by atoms with Crippen LogP contribution < -0.4 is 10.0 Å². The van der Waals surface area contributed by atoms with Gasteiger partial charge in [-0.2, -0.15) is 5.26 Å². The fourth-order valence-electron chi connectivity index (χ4n) is 3.16. The van der Waals surface area contributed by atoms with E-state index in [1.807, 2.05) is 0 Å². The van der Waals surface area contributed by atoms with E-state index in [-0.39, 0.29) is 16.9 Å². The summed E-state index contributed by atoms with van der Waals surface area (Å²) in [5.74, 6) is -1.76. The highest BCUT2D eigenvalue weighted by Gasteiger charge is 2.29. The largest absolute Gasteiger partial charge is 0.337 e. The molecule has 0 aromatic heterocycles. The molecule has 7 nitrogen and oxygen atoms in total. The normalized spacial score (nSPS) is 16.2. The summed E-state index contributed by atoms with van der Waals surface area (Å²) >= 11 is 0. The molecule has 0 fully saturated rings. The Kier molecular flexibility index (Phi) is 6.97. The first-order valence-electron chi connectivity index (χ1n) is 9.62. The first-order chi connectivity index (χ1) is 14.8. The number of nitriles is 1. The molecule has 0 spiro atoms. The highest BCUT2D eigenvalue weighted by atomic mass is 32.2. The van der Waals surface area contributed by atoms with Gasteiger partial charge in [-0.25, -0.2) is 17.2 Å². The van der Waals surface area contributed by atoms with Crippen molar-refractivity contribution in [1.29, 1.82) is 5.26 Å². The molecule has 2 N–H and O–H groups in total. The number of carbonyl (C=O) groups is 1. The zero-order valence-corrected chi connectivity index (χ0v) is 17.3. The molecule has 1 amide bonds. The van der Waals surface area contributed by atoms with E-state index in [1.165, 1.54) is 6.07 Å². The molecule has 1 unspecified atom stereocenters. The second-order valence-corrected chi connectivity index (χ2v) is 8.59. The number of fused-ring (bicyclic) bond motifs is 1. The number of amidine groups is 1. The van der Waals surface area contributed by atoms with E-state index in [4.69, 9.17) is 0 Å². The molecule has 2 aromatic rings. The van der Waals surface area contributed by atoms with Crippen molar-refractivity contribution in [2.45, 2.75) is 36.6 Å². The zero-order valence-electron chi connectivity index (χ0n) is 16.4. The van der Waals surface area contributed by atoms with Crippen LogP contribution in [0.2, 0.25) is 0 Å². The van der Waals surface area contributed by atoms with Crippen LogP contribution in [-0.4, -0.2) is 26.7 Å². The first-order valence-corrected chi connectivity index (χ1v) is 11.1. The van der Waals surface area contributed by atoms with Gasteiger partial charge in [-0.15, -0.1) is 0 Å². The maximum Gasteiger partial charge on any atom is 0.263 e. The number of benzene rings is 2. The molecule has 162 valence electrons. The molecule has 2 aromatic carbocycles. The van der Waals surface area contributed by atoms with Gasteiger partial charge in [0, 0.05) is 30.2 Å². The lowest BCUT2D eigenvalue weighted by atomic mass is 10.1. The van der Waals surface area contributed by atoms with Crippen molar-refractivity contribution >= 4 is 21.8 Å². The highest BCUT2D eigenvalue weighted by Crippen LogP contribution is 2.22. The van der Waals surface area contributed by atoms with Crippen LogP contribution in [0, 0.1) is 23.0 Å². The summed E-state index contributed by atoms with van der Waals surface area (Å²) in [4.78, 5) is 16.6. The summed E-state index contributed by atoms with van der Waals surface area (Å²) in [7, 11) is -3.56. The fraction of sp³-hybridized carbons (Fsp3) is 0.286. The van der Waals surface area contributed by atoms with Crippen molar-refractivity contribution in [2.75, 3.05) is 6.54 Å². The van der Waals surface area contributed by atoms with Crippen LogP contribution in [0.1, 0.15) is 42.9 Å². The van der Waals surface area contributed by atoms with E-state index >= 15 is 0 Å². The third-order valence-electron chi connectivity index (χ3n) is 4.70. The van der Waals surface area contributed by atoms with Gasteiger partial charge < -0.3 is 5.32 Å². The third-order valence-corrected chi connectivity index (χ3v) is 6.10. The topological polar surface area (TPSA) is 111 Å². The average molecular weight is 446 g/mol. The van der Waals surface area contributed by atoms with E-state index in [2.05, 4.69) is 15.0 Å². The lowest BCUT2D eigenvalue weighted by Gasteiger charge is -2.12. The second-order valence-electron chi connectivity index (χ2n) is 6.94. The summed E-state index contributed by atoms with van der Waals surface area (Å²) in [6, 6.07) is 10.0. The molecular weight excluding hydrogens is 426 g/mol. The maximum atomic E-state index is 13.8. The van der Waals surface area contributed by atoms with Gasteiger partial charge in [0.2, 0.25) is 5.91 Å². The van der Waals surface area contributed by atoms with Crippen molar-refractivity contribution in [3.8, 4) is 6.07 Å². The lowest BCUT2D eigenvalue weighted by molar-refractivity contribution is -0.121. The first kappa shape index (κ1) is 22.4. The van der Waals surface area contributed by atoms with E-state index in [0.29, 0.717) is 43.3 Å². The quantitative estimate of drug-likeness (QED) is 0.607. The molecule has 31 heavy (non-hydrogen) atoms. The molecule has 10 heteroatoms. The predicted octanol–water partition coefficient (Wildman–Crippen LogP) is 2.94. The van der Waals surface area contributed by atoms with Crippen LogP contribution in [0.15, 0.2) is 52.4 Å². The lowest BCUT2D eigenvalue weighted by Crippen LogP contribution is -2.28. The van der Waals surface area contributed by atoms with Gasteiger partial charge in [0.1, 0.15) is 23.5 Å². The Morgan fingerprint density at radius 1 is 1.16 bits per heavy atom. The fourth-order valence-corrected chi connectivity index (χ4v) is 4.42. The minimum atomic E-state index is -3.56. The Bertz CT molecular complexity index is 1160. The molecule has 1 heterocycles. The van der Waals surface area contributed by atoms with Crippen LogP contribution in [0.5, 0.6) is 0 Å². The van der Waals surface area contributed by atoms with Crippen LogP contribution in [0.4, 0.5) is 8.78 Å². The van der Waals surface area contributed by atoms with Crippen molar-refractivity contribution < 1.29 is 22.0 Å². The van der Waals surface area contributed by atoms with E-state index in [1.54, 1.807) is 24.3 Å². The Morgan fingerprint density at radius 3 is 2.68 bits per heavy atom. The van der Waals surface area contributed by atoms with Gasteiger partial charge in [0.25, 0.3) is 10.0 Å². The zero-order chi connectivity index (χ0) is 22.4. The predicted molar refractivity (Wildman–Crippen MR) is 109 cm³/mol. The average Bonchev–Trinajstić information content (AvgIpc) is 2.99. The molecule has 1 aliphatic rings. The Balaban J connectivity index is 1.44. The van der Waals surface area contributed by atoms with Crippen LogP contribution in [-0.2, 0) is 14.8 Å². The van der Waals surface area contributed by atoms with Gasteiger partial charge in [-0.1, -0.05) is 24.6 Å². The Labute approximate surface area is 178 Å². The Hall–Kier alpha value is -3.32. The van der Waals surface area contributed by atoms with Gasteiger partial charge in [-0.3, -0.25) is 14.5 Å². The molecule has 3 rings (SSSR count). The molecule has 0 saturated carbocycles. The minimum absolute atomic E-state index is 0.0904. The Morgan fingerprint density at radius 2 is 1.94 bits per heavy atom. The van der Waals surface area contributed by atoms with Crippen molar-refractivity contribution in [3.63, 3.8) is 0 Å². The number of nitrogens with one attached hydrogen (secondary N) is 2. The third kappa shape index (κ3) is 5.44. The minimum Gasteiger partial charge on any atom is -0.337 e. The number of hydrogen-bond donors (Lipinski definition) is 2. The highest BCUT2D eigenvalue weighted by molar-refractivity contribution is 7.90. The number of rotatable bonds is 8. The summed E-state index contributed by atoms with van der Waals surface area (Å²) in [5, 5.41) is 11.6. The van der Waals surface area contributed by atoms with Crippen LogP contribution >= 0.6 is 0 Å². The standard InChI is InChI=1S/C21H20F2N4O3S/c22-14-9-10-15(17(23)12-14)18(13-24)26-20(28)8-2-1-5-11-25-21-16-6-3-4-7-19(16)31(29,30)27-21/h3-4,6-7,9-10,12,18H,1-2,5,8,11H2,(H,25,27)(H,26,28). The van der Waals surface area contributed by atoms with Gasteiger partial charge in [-0.05, 0) is 31.0 Å². The van der Waals surface area contributed by atoms with Crippen molar-refractivity contribution in [3.05, 3.63) is 65.2 Å². The maximum absolute atomic E-state index is 13.8. The molecule has 0 radical (unpaired) electrons. The van der Waals surface area contributed by atoms with E-state index in [0.717, 1.165) is 12.1 Å². The van der Waals surface area contributed by atoms with E-state index < -0.39 is 33.6 Å². The molecule has 1 atom stereocenters. The van der Waals surface area contributed by atoms with E-state index in [9.17, 15) is 27.3 Å².